The number of amides is 1. The monoisotopic (exact) mass is 317 g/mol. The number of nitrogens with zero attached hydrogens (tertiary/aromatic N) is 1. The maximum Gasteiger partial charge on any atom is 0.416 e. The van der Waals surface area contributed by atoms with Crippen LogP contribution in [0.25, 0.3) is 0 Å². The van der Waals surface area contributed by atoms with Gasteiger partial charge in [0.05, 0.1) is 25.2 Å². The summed E-state index contributed by atoms with van der Waals surface area (Å²) in [5, 5.41) is 9.19. The van der Waals surface area contributed by atoms with E-state index in [1.54, 1.807) is 0 Å². The summed E-state index contributed by atoms with van der Waals surface area (Å²) in [6.45, 7) is 1.17. The molecule has 0 radical (unpaired) electrons. The standard InChI is InChI=1S/C15H18F3NO3/c16-15(17,18)13-4-2-1-3-12(13)7-14(21)19-5-6-22-10-11(8-19)9-20/h1-4,11,20H,5-10H2/t11-/m0/s1. The molecule has 2 rings (SSSR count). The molecule has 4 nitrogen and oxygen atoms in total. The van der Waals surface area contributed by atoms with Gasteiger partial charge in [0.1, 0.15) is 0 Å². The Morgan fingerprint density at radius 3 is 2.77 bits per heavy atom. The molecule has 122 valence electrons. The van der Waals surface area contributed by atoms with Gasteiger partial charge in [-0.25, -0.2) is 0 Å². The fourth-order valence-electron chi connectivity index (χ4n) is 2.44. The molecule has 1 amide bonds. The highest BCUT2D eigenvalue weighted by atomic mass is 19.4. The number of hydrogen-bond acceptors (Lipinski definition) is 3. The third-order valence-corrected chi connectivity index (χ3v) is 3.61. The summed E-state index contributed by atoms with van der Waals surface area (Å²) in [5.41, 5.74) is -0.821. The lowest BCUT2D eigenvalue weighted by Gasteiger charge is -2.23. The summed E-state index contributed by atoms with van der Waals surface area (Å²) >= 11 is 0. The zero-order chi connectivity index (χ0) is 16.2. The number of rotatable bonds is 3. The second-order valence-electron chi connectivity index (χ2n) is 5.29. The summed E-state index contributed by atoms with van der Waals surface area (Å²) < 4.78 is 44.1. The van der Waals surface area contributed by atoms with Crippen LogP contribution < -0.4 is 0 Å². The van der Waals surface area contributed by atoms with Gasteiger partial charge in [0, 0.05) is 25.6 Å². The number of ether oxygens (including phenoxy) is 1. The number of benzene rings is 1. The molecule has 22 heavy (non-hydrogen) atoms. The van der Waals surface area contributed by atoms with Crippen LogP contribution in [0.1, 0.15) is 11.1 Å². The van der Waals surface area contributed by atoms with Gasteiger partial charge in [0.2, 0.25) is 5.91 Å². The molecule has 7 heteroatoms. The van der Waals surface area contributed by atoms with Crippen molar-refractivity contribution in [1.29, 1.82) is 0 Å². The first kappa shape index (κ1) is 16.8. The van der Waals surface area contributed by atoms with E-state index in [2.05, 4.69) is 0 Å². The molecule has 1 aliphatic rings. The maximum atomic E-state index is 12.9. The Morgan fingerprint density at radius 1 is 1.36 bits per heavy atom. The quantitative estimate of drug-likeness (QED) is 0.923. The molecule has 1 atom stereocenters. The highest BCUT2D eigenvalue weighted by Gasteiger charge is 2.34. The van der Waals surface area contributed by atoms with Crippen LogP contribution in [-0.4, -0.2) is 48.8 Å². The Balaban J connectivity index is 2.12. The Morgan fingerprint density at radius 2 is 2.09 bits per heavy atom. The first-order valence-electron chi connectivity index (χ1n) is 7.03. The van der Waals surface area contributed by atoms with Crippen molar-refractivity contribution < 1.29 is 27.8 Å². The van der Waals surface area contributed by atoms with Crippen molar-refractivity contribution in [1.82, 2.24) is 4.90 Å². The largest absolute Gasteiger partial charge is 0.416 e. The fraction of sp³-hybridized carbons (Fsp3) is 0.533. The normalized spacial score (nSPS) is 19.8. The number of carbonyl (C=O) groups is 1. The number of alkyl halides is 3. The minimum absolute atomic E-state index is 0.0364. The van der Waals surface area contributed by atoms with Gasteiger partial charge in [-0.1, -0.05) is 18.2 Å². The van der Waals surface area contributed by atoms with Crippen LogP contribution in [0.3, 0.4) is 0 Å². The second kappa shape index (κ2) is 7.11. The van der Waals surface area contributed by atoms with E-state index >= 15 is 0 Å². The van der Waals surface area contributed by atoms with E-state index in [1.807, 2.05) is 0 Å². The third-order valence-electron chi connectivity index (χ3n) is 3.61. The molecule has 0 aromatic heterocycles. The molecule has 1 saturated heterocycles. The molecule has 1 N–H and O–H groups in total. The first-order chi connectivity index (χ1) is 10.4. The molecule has 0 saturated carbocycles. The Bertz CT molecular complexity index is 519. The molecular formula is C15H18F3NO3. The third kappa shape index (κ3) is 4.20. The summed E-state index contributed by atoms with van der Waals surface area (Å²) in [4.78, 5) is 13.7. The summed E-state index contributed by atoms with van der Waals surface area (Å²) in [6.07, 6.45) is -4.79. The predicted octanol–water partition coefficient (Wildman–Crippen LogP) is 1.72. The fourth-order valence-corrected chi connectivity index (χ4v) is 2.44. The number of halogens is 3. The molecule has 0 unspecified atom stereocenters. The Hall–Kier alpha value is -1.60. The van der Waals surface area contributed by atoms with E-state index in [0.29, 0.717) is 26.3 Å². The molecule has 1 fully saturated rings. The zero-order valence-corrected chi connectivity index (χ0v) is 12.0. The summed E-state index contributed by atoms with van der Waals surface area (Å²) in [7, 11) is 0. The van der Waals surface area contributed by atoms with Gasteiger partial charge in [-0.3, -0.25) is 4.79 Å². The van der Waals surface area contributed by atoms with E-state index in [9.17, 15) is 23.1 Å². The Kier molecular flexibility index (Phi) is 5.42. The molecule has 1 heterocycles. The number of aliphatic hydroxyl groups is 1. The SMILES string of the molecule is O=C(Cc1ccccc1C(F)(F)F)N1CCOC[C@H](CO)C1. The van der Waals surface area contributed by atoms with Gasteiger partial charge in [-0.05, 0) is 11.6 Å². The van der Waals surface area contributed by atoms with Crippen LogP contribution in [0.4, 0.5) is 13.2 Å². The minimum atomic E-state index is -4.48. The highest BCUT2D eigenvalue weighted by Crippen LogP contribution is 2.32. The van der Waals surface area contributed by atoms with Gasteiger partial charge in [0.15, 0.2) is 0 Å². The highest BCUT2D eigenvalue weighted by molar-refractivity contribution is 5.79. The summed E-state index contributed by atoms with van der Waals surface area (Å²) in [5.74, 6) is -0.593. The summed E-state index contributed by atoms with van der Waals surface area (Å²) in [6, 6.07) is 5.08. The van der Waals surface area contributed by atoms with Crippen LogP contribution in [0.5, 0.6) is 0 Å². The van der Waals surface area contributed by atoms with Gasteiger partial charge >= 0.3 is 6.18 Å². The van der Waals surface area contributed by atoms with Crippen LogP contribution in [0.2, 0.25) is 0 Å². The molecule has 1 aromatic rings. The number of aliphatic hydroxyl groups excluding tert-OH is 1. The van der Waals surface area contributed by atoms with Crippen molar-refractivity contribution in [3.63, 3.8) is 0 Å². The van der Waals surface area contributed by atoms with Gasteiger partial charge < -0.3 is 14.7 Å². The van der Waals surface area contributed by atoms with Crippen molar-refractivity contribution in [3.05, 3.63) is 35.4 Å². The van der Waals surface area contributed by atoms with Crippen LogP contribution >= 0.6 is 0 Å². The smallest absolute Gasteiger partial charge is 0.396 e. The van der Waals surface area contributed by atoms with E-state index < -0.39 is 11.7 Å². The van der Waals surface area contributed by atoms with E-state index in [1.165, 1.54) is 23.1 Å². The van der Waals surface area contributed by atoms with E-state index in [0.717, 1.165) is 6.07 Å². The van der Waals surface area contributed by atoms with Gasteiger partial charge in [0.25, 0.3) is 0 Å². The van der Waals surface area contributed by atoms with Crippen molar-refractivity contribution in [2.75, 3.05) is 32.9 Å². The van der Waals surface area contributed by atoms with Crippen molar-refractivity contribution in [2.24, 2.45) is 5.92 Å². The molecule has 1 aliphatic heterocycles. The molecule has 1 aromatic carbocycles. The average molecular weight is 317 g/mol. The molecule has 0 bridgehead atoms. The molecule has 0 aliphatic carbocycles. The minimum Gasteiger partial charge on any atom is -0.396 e. The first-order valence-corrected chi connectivity index (χ1v) is 7.03. The maximum absolute atomic E-state index is 12.9. The van der Waals surface area contributed by atoms with Gasteiger partial charge in [-0.2, -0.15) is 13.2 Å². The average Bonchev–Trinajstić information content (AvgIpc) is 2.72. The second-order valence-corrected chi connectivity index (χ2v) is 5.29. The molecular weight excluding hydrogens is 299 g/mol. The van der Waals surface area contributed by atoms with Gasteiger partial charge in [-0.15, -0.1) is 0 Å². The zero-order valence-electron chi connectivity index (χ0n) is 12.0. The lowest BCUT2D eigenvalue weighted by molar-refractivity contribution is -0.138. The topological polar surface area (TPSA) is 49.8 Å². The Labute approximate surface area is 126 Å². The van der Waals surface area contributed by atoms with Crippen LogP contribution in [0, 0.1) is 5.92 Å². The van der Waals surface area contributed by atoms with Crippen molar-refractivity contribution in [3.8, 4) is 0 Å². The predicted molar refractivity (Wildman–Crippen MR) is 73.1 cm³/mol. The lowest BCUT2D eigenvalue weighted by Crippen LogP contribution is -2.38. The lowest BCUT2D eigenvalue weighted by atomic mass is 10.0. The van der Waals surface area contributed by atoms with Crippen LogP contribution in [-0.2, 0) is 22.1 Å². The van der Waals surface area contributed by atoms with Crippen molar-refractivity contribution >= 4 is 5.91 Å². The van der Waals surface area contributed by atoms with E-state index in [4.69, 9.17) is 4.74 Å². The number of carbonyl (C=O) groups excluding carboxylic acids is 1. The van der Waals surface area contributed by atoms with E-state index in [-0.39, 0.29) is 30.4 Å². The van der Waals surface area contributed by atoms with Crippen molar-refractivity contribution in [2.45, 2.75) is 12.6 Å². The number of hydrogen-bond donors (Lipinski definition) is 1. The van der Waals surface area contributed by atoms with Crippen LogP contribution in [0.15, 0.2) is 24.3 Å². The molecule has 0 spiro atoms.